The van der Waals surface area contributed by atoms with Crippen molar-refractivity contribution in [3.8, 4) is 0 Å². The van der Waals surface area contributed by atoms with Crippen LogP contribution in [0.3, 0.4) is 0 Å². The summed E-state index contributed by atoms with van der Waals surface area (Å²) in [5, 5.41) is 12.6. The van der Waals surface area contributed by atoms with Crippen LogP contribution >= 0.6 is 0 Å². The van der Waals surface area contributed by atoms with Gasteiger partial charge in [-0.3, -0.25) is 0 Å². The monoisotopic (exact) mass is 183 g/mol. The van der Waals surface area contributed by atoms with Gasteiger partial charge in [0.05, 0.1) is 0 Å². The zero-order valence-electron chi connectivity index (χ0n) is 8.20. The molecule has 1 aromatic heterocycles. The van der Waals surface area contributed by atoms with E-state index in [0.29, 0.717) is 6.54 Å². The fourth-order valence-electron chi connectivity index (χ4n) is 1.33. The van der Waals surface area contributed by atoms with E-state index in [2.05, 4.69) is 17.2 Å². The zero-order chi connectivity index (χ0) is 9.68. The number of nitrogens with zero attached hydrogens (tertiary/aromatic N) is 2. The average molecular weight is 183 g/mol. The molecule has 0 saturated heterocycles. The number of aromatic nitrogens is 2. The number of hydrogen-bond acceptors (Lipinski definition) is 3. The van der Waals surface area contributed by atoms with Crippen LogP contribution in [0.4, 0.5) is 0 Å². The van der Waals surface area contributed by atoms with Crippen LogP contribution in [0.2, 0.25) is 0 Å². The van der Waals surface area contributed by atoms with Crippen molar-refractivity contribution in [1.29, 1.82) is 0 Å². The van der Waals surface area contributed by atoms with E-state index in [9.17, 15) is 5.11 Å². The average Bonchev–Trinajstić information content (AvgIpc) is 2.54. The number of nitrogens with one attached hydrogen (secondary N) is 1. The lowest BCUT2D eigenvalue weighted by molar-refractivity contribution is 0.163. The Balaban J connectivity index is 2.68. The van der Waals surface area contributed by atoms with Crippen LogP contribution in [0.15, 0.2) is 12.4 Å². The molecule has 1 aromatic rings. The van der Waals surface area contributed by atoms with E-state index in [1.165, 1.54) is 0 Å². The molecule has 0 bridgehead atoms. The quantitative estimate of drug-likeness (QED) is 0.700. The van der Waals surface area contributed by atoms with Crippen molar-refractivity contribution < 1.29 is 5.11 Å². The highest BCUT2D eigenvalue weighted by Crippen LogP contribution is 2.09. The SMILES string of the molecule is CCCn1ccnc1C(O)CNC. The van der Waals surface area contributed by atoms with Gasteiger partial charge in [0.1, 0.15) is 11.9 Å². The highest BCUT2D eigenvalue weighted by Gasteiger charge is 2.11. The maximum Gasteiger partial charge on any atom is 0.138 e. The number of aliphatic hydroxyl groups excluding tert-OH is 1. The van der Waals surface area contributed by atoms with Gasteiger partial charge in [-0.25, -0.2) is 4.98 Å². The molecule has 0 amide bonds. The standard InChI is InChI=1S/C9H17N3O/c1-3-5-12-6-4-11-9(12)8(13)7-10-2/h4,6,8,10,13H,3,5,7H2,1-2H3. The second-order valence-electron chi connectivity index (χ2n) is 3.05. The largest absolute Gasteiger partial charge is 0.384 e. The third-order valence-corrected chi connectivity index (χ3v) is 1.91. The number of likely N-dealkylation sites (N-methyl/N-ethyl adjacent to an activating group) is 1. The van der Waals surface area contributed by atoms with Gasteiger partial charge >= 0.3 is 0 Å². The molecule has 0 aliphatic heterocycles. The van der Waals surface area contributed by atoms with E-state index in [-0.39, 0.29) is 0 Å². The van der Waals surface area contributed by atoms with Gasteiger partial charge < -0.3 is 15.0 Å². The fourth-order valence-corrected chi connectivity index (χ4v) is 1.33. The van der Waals surface area contributed by atoms with E-state index in [1.807, 2.05) is 17.8 Å². The van der Waals surface area contributed by atoms with Crippen molar-refractivity contribution in [2.75, 3.05) is 13.6 Å². The highest BCUT2D eigenvalue weighted by atomic mass is 16.3. The second-order valence-corrected chi connectivity index (χ2v) is 3.05. The van der Waals surface area contributed by atoms with Crippen molar-refractivity contribution in [3.63, 3.8) is 0 Å². The molecule has 4 heteroatoms. The van der Waals surface area contributed by atoms with Gasteiger partial charge in [0, 0.05) is 25.5 Å². The van der Waals surface area contributed by atoms with Gasteiger partial charge in [-0.1, -0.05) is 6.92 Å². The molecular formula is C9H17N3O. The highest BCUT2D eigenvalue weighted by molar-refractivity contribution is 4.97. The topological polar surface area (TPSA) is 50.1 Å². The van der Waals surface area contributed by atoms with Crippen molar-refractivity contribution in [3.05, 3.63) is 18.2 Å². The molecular weight excluding hydrogens is 166 g/mol. The minimum absolute atomic E-state index is 0.508. The van der Waals surface area contributed by atoms with E-state index in [4.69, 9.17) is 0 Å². The van der Waals surface area contributed by atoms with Gasteiger partial charge in [-0.05, 0) is 13.5 Å². The third-order valence-electron chi connectivity index (χ3n) is 1.91. The van der Waals surface area contributed by atoms with E-state index in [1.54, 1.807) is 6.20 Å². The summed E-state index contributed by atoms with van der Waals surface area (Å²) in [5.41, 5.74) is 0. The van der Waals surface area contributed by atoms with E-state index < -0.39 is 6.10 Å². The summed E-state index contributed by atoms with van der Waals surface area (Å²) >= 11 is 0. The van der Waals surface area contributed by atoms with Gasteiger partial charge in [0.25, 0.3) is 0 Å². The Morgan fingerprint density at radius 3 is 3.08 bits per heavy atom. The first-order chi connectivity index (χ1) is 6.29. The maximum absolute atomic E-state index is 9.67. The summed E-state index contributed by atoms with van der Waals surface area (Å²) in [6, 6.07) is 0. The molecule has 0 saturated carbocycles. The second kappa shape index (κ2) is 4.99. The summed E-state index contributed by atoms with van der Waals surface area (Å²) in [6.07, 6.45) is 4.17. The van der Waals surface area contributed by atoms with Crippen LogP contribution in [0.25, 0.3) is 0 Å². The normalized spacial score (nSPS) is 13.2. The maximum atomic E-state index is 9.67. The van der Waals surface area contributed by atoms with E-state index >= 15 is 0 Å². The number of hydrogen-bond donors (Lipinski definition) is 2. The van der Waals surface area contributed by atoms with Crippen molar-refractivity contribution in [2.45, 2.75) is 26.0 Å². The first-order valence-electron chi connectivity index (χ1n) is 4.63. The number of imidazole rings is 1. The summed E-state index contributed by atoms with van der Waals surface area (Å²) in [4.78, 5) is 4.13. The molecule has 4 nitrogen and oxygen atoms in total. The van der Waals surface area contributed by atoms with E-state index in [0.717, 1.165) is 18.8 Å². The molecule has 0 radical (unpaired) electrons. The number of rotatable bonds is 5. The minimum Gasteiger partial charge on any atom is -0.384 e. The Bertz CT molecular complexity index is 247. The zero-order valence-corrected chi connectivity index (χ0v) is 8.20. The smallest absolute Gasteiger partial charge is 0.138 e. The van der Waals surface area contributed by atoms with Gasteiger partial charge in [0.15, 0.2) is 0 Å². The summed E-state index contributed by atoms with van der Waals surface area (Å²) < 4.78 is 1.99. The van der Waals surface area contributed by atoms with Crippen LogP contribution in [-0.2, 0) is 6.54 Å². The lowest BCUT2D eigenvalue weighted by Gasteiger charge is -2.11. The fraction of sp³-hybridized carbons (Fsp3) is 0.667. The Morgan fingerprint density at radius 1 is 1.69 bits per heavy atom. The molecule has 0 spiro atoms. The Morgan fingerprint density at radius 2 is 2.46 bits per heavy atom. The van der Waals surface area contributed by atoms with Crippen LogP contribution in [0.1, 0.15) is 25.3 Å². The van der Waals surface area contributed by atoms with Crippen molar-refractivity contribution >= 4 is 0 Å². The lowest BCUT2D eigenvalue weighted by atomic mass is 10.3. The van der Waals surface area contributed by atoms with Crippen LogP contribution in [-0.4, -0.2) is 28.3 Å². The Labute approximate surface area is 78.6 Å². The molecule has 1 atom stereocenters. The minimum atomic E-state index is -0.508. The predicted molar refractivity (Wildman–Crippen MR) is 51.4 cm³/mol. The molecule has 1 unspecified atom stereocenters. The first kappa shape index (κ1) is 10.2. The summed E-state index contributed by atoms with van der Waals surface area (Å²) in [5.74, 6) is 0.746. The first-order valence-corrected chi connectivity index (χ1v) is 4.63. The molecule has 1 heterocycles. The molecule has 1 rings (SSSR count). The van der Waals surface area contributed by atoms with Crippen molar-refractivity contribution in [1.82, 2.24) is 14.9 Å². The molecule has 2 N–H and O–H groups in total. The molecule has 13 heavy (non-hydrogen) atoms. The lowest BCUT2D eigenvalue weighted by Crippen LogP contribution is -2.20. The van der Waals surface area contributed by atoms with Gasteiger partial charge in [-0.15, -0.1) is 0 Å². The van der Waals surface area contributed by atoms with Crippen LogP contribution in [0.5, 0.6) is 0 Å². The molecule has 0 aromatic carbocycles. The molecule has 74 valence electrons. The molecule has 0 aliphatic carbocycles. The third kappa shape index (κ3) is 2.54. The van der Waals surface area contributed by atoms with Crippen LogP contribution in [0, 0.1) is 0 Å². The summed E-state index contributed by atoms with van der Waals surface area (Å²) in [6.45, 7) is 3.56. The summed E-state index contributed by atoms with van der Waals surface area (Å²) in [7, 11) is 1.82. The van der Waals surface area contributed by atoms with Gasteiger partial charge in [-0.2, -0.15) is 0 Å². The molecule has 0 fully saturated rings. The Kier molecular flexibility index (Phi) is 3.92. The number of aryl methyl sites for hydroxylation is 1. The molecule has 0 aliphatic rings. The van der Waals surface area contributed by atoms with Crippen LogP contribution < -0.4 is 5.32 Å². The Hall–Kier alpha value is -0.870. The number of aliphatic hydroxyl groups is 1. The van der Waals surface area contributed by atoms with Gasteiger partial charge in [0.2, 0.25) is 0 Å². The predicted octanol–water partition coefficient (Wildman–Crippen LogP) is 0.546. The van der Waals surface area contributed by atoms with Crippen molar-refractivity contribution in [2.24, 2.45) is 0 Å².